The predicted octanol–water partition coefficient (Wildman–Crippen LogP) is 3.70. The molecule has 2 aromatic rings. The van der Waals surface area contributed by atoms with Crippen molar-refractivity contribution in [2.24, 2.45) is 0 Å². The lowest BCUT2D eigenvalue weighted by molar-refractivity contribution is -0.134. The van der Waals surface area contributed by atoms with Crippen LogP contribution in [0.2, 0.25) is 5.15 Å². The molecule has 2 fully saturated rings. The second kappa shape index (κ2) is 9.72. The van der Waals surface area contributed by atoms with E-state index in [1.54, 1.807) is 19.4 Å². The minimum Gasteiger partial charge on any atom is -0.384 e. The molecule has 4 rings (SSSR count). The lowest BCUT2D eigenvalue weighted by Crippen LogP contribution is -2.54. The second-order valence-corrected chi connectivity index (χ2v) is 8.68. The third kappa shape index (κ3) is 4.95. The Bertz CT molecular complexity index is 1040. The minimum atomic E-state index is 0.0302. The van der Waals surface area contributed by atoms with Crippen LogP contribution in [0.4, 0.5) is 17.2 Å². The van der Waals surface area contributed by atoms with Crippen molar-refractivity contribution in [1.82, 2.24) is 14.9 Å². The van der Waals surface area contributed by atoms with E-state index in [1.165, 1.54) is 0 Å². The van der Waals surface area contributed by atoms with E-state index < -0.39 is 0 Å². The molecule has 1 unspecified atom stereocenters. The highest BCUT2D eigenvalue weighted by atomic mass is 35.5. The Morgan fingerprint density at radius 1 is 1.38 bits per heavy atom. The summed E-state index contributed by atoms with van der Waals surface area (Å²) in [5.74, 6) is 1.18. The molecule has 168 valence electrons. The van der Waals surface area contributed by atoms with Crippen LogP contribution in [0, 0.1) is 11.3 Å². The molecule has 1 saturated heterocycles. The molecule has 1 saturated carbocycles. The zero-order valence-corrected chi connectivity index (χ0v) is 19.1. The number of carbonyl (C=O) groups is 1. The zero-order chi connectivity index (χ0) is 22.7. The molecule has 32 heavy (non-hydrogen) atoms. The third-order valence-corrected chi connectivity index (χ3v) is 6.10. The molecule has 1 N–H and O–H groups in total. The molecule has 3 heterocycles. The lowest BCUT2D eigenvalue weighted by atomic mass is 10.1. The summed E-state index contributed by atoms with van der Waals surface area (Å²) in [6.45, 7) is 4.34. The highest BCUT2D eigenvalue weighted by molar-refractivity contribution is 6.29. The van der Waals surface area contributed by atoms with Gasteiger partial charge in [-0.3, -0.25) is 4.79 Å². The summed E-state index contributed by atoms with van der Waals surface area (Å²) >= 11 is 6.03. The van der Waals surface area contributed by atoms with Crippen LogP contribution in [0.3, 0.4) is 0 Å². The molecular formula is C23H27ClN6O2. The summed E-state index contributed by atoms with van der Waals surface area (Å²) in [6.07, 6.45) is 4.20. The zero-order valence-electron chi connectivity index (χ0n) is 18.3. The summed E-state index contributed by atoms with van der Waals surface area (Å²) < 4.78 is 5.04. The van der Waals surface area contributed by atoms with Crippen LogP contribution in [0.15, 0.2) is 24.4 Å². The second-order valence-electron chi connectivity index (χ2n) is 8.30. The van der Waals surface area contributed by atoms with Crippen LogP contribution >= 0.6 is 11.6 Å². The summed E-state index contributed by atoms with van der Waals surface area (Å²) in [7, 11) is 1.60. The summed E-state index contributed by atoms with van der Waals surface area (Å²) in [6, 6.07) is 7.81. The number of piperazine rings is 1. The van der Waals surface area contributed by atoms with Gasteiger partial charge >= 0.3 is 0 Å². The van der Waals surface area contributed by atoms with E-state index in [0.29, 0.717) is 55.1 Å². The highest BCUT2D eigenvalue weighted by Crippen LogP contribution is 2.44. The summed E-state index contributed by atoms with van der Waals surface area (Å²) in [5.41, 5.74) is 3.13. The Morgan fingerprint density at radius 2 is 2.19 bits per heavy atom. The monoisotopic (exact) mass is 454 g/mol. The van der Waals surface area contributed by atoms with E-state index in [-0.39, 0.29) is 11.9 Å². The number of rotatable bonds is 7. The Labute approximate surface area is 193 Å². The van der Waals surface area contributed by atoms with Gasteiger partial charge in [0, 0.05) is 50.6 Å². The highest BCUT2D eigenvalue weighted by Gasteiger charge is 2.33. The molecule has 1 amide bonds. The fourth-order valence-corrected chi connectivity index (χ4v) is 4.27. The fraction of sp³-hybridized carbons (Fsp3) is 0.478. The van der Waals surface area contributed by atoms with Crippen molar-refractivity contribution in [3.05, 3.63) is 40.8 Å². The molecular weight excluding hydrogens is 428 g/mol. The van der Waals surface area contributed by atoms with Gasteiger partial charge < -0.3 is 19.9 Å². The van der Waals surface area contributed by atoms with Crippen molar-refractivity contribution in [1.29, 1.82) is 5.26 Å². The van der Waals surface area contributed by atoms with Gasteiger partial charge in [0.05, 0.1) is 30.0 Å². The first-order valence-electron chi connectivity index (χ1n) is 10.9. The molecule has 8 nitrogen and oxygen atoms in total. The molecule has 1 aliphatic heterocycles. The van der Waals surface area contributed by atoms with Gasteiger partial charge in [-0.25, -0.2) is 9.97 Å². The Morgan fingerprint density at radius 3 is 2.84 bits per heavy atom. The molecule has 0 spiro atoms. The number of nitrogens with one attached hydrogen (secondary N) is 1. The summed E-state index contributed by atoms with van der Waals surface area (Å²) in [5, 5.41) is 13.6. The van der Waals surface area contributed by atoms with E-state index in [2.05, 4.69) is 21.3 Å². The van der Waals surface area contributed by atoms with Crippen LogP contribution in [0.5, 0.6) is 0 Å². The number of amides is 1. The molecule has 0 radical (unpaired) electrons. The number of anilines is 3. The van der Waals surface area contributed by atoms with Crippen molar-refractivity contribution in [2.45, 2.75) is 38.1 Å². The SMILES string of the molecule is COCCC(=O)N1CCN(c2nc(C3CC3)c(Nc3ccnc(Cl)c3)cc2C#N)CC1C. The molecule has 2 aromatic heterocycles. The van der Waals surface area contributed by atoms with Crippen molar-refractivity contribution in [2.75, 3.05) is 43.6 Å². The van der Waals surface area contributed by atoms with Gasteiger partial charge in [-0.05, 0) is 38.0 Å². The first kappa shape index (κ1) is 22.3. The van der Waals surface area contributed by atoms with Crippen molar-refractivity contribution < 1.29 is 9.53 Å². The number of aromatic nitrogens is 2. The van der Waals surface area contributed by atoms with Gasteiger partial charge in [0.25, 0.3) is 0 Å². The number of carbonyl (C=O) groups excluding carboxylic acids is 1. The van der Waals surface area contributed by atoms with Gasteiger partial charge in [0.1, 0.15) is 17.0 Å². The quantitative estimate of drug-likeness (QED) is 0.637. The smallest absolute Gasteiger partial charge is 0.225 e. The number of halogens is 1. The standard InChI is InChI=1S/C23H27ClN6O2/c1-15-14-29(8-9-30(15)21(31)6-10-32-2)23-17(13-25)11-19(22(28-23)16-3-4-16)27-18-5-7-26-20(24)12-18/h5,7,11-12,15-16H,3-4,6,8-10,14H2,1-2H3,(H,26,27). The minimum absolute atomic E-state index is 0.0302. The maximum atomic E-state index is 12.5. The number of nitrogens with zero attached hydrogens (tertiary/aromatic N) is 5. The third-order valence-electron chi connectivity index (χ3n) is 5.89. The first-order chi connectivity index (χ1) is 15.5. The molecule has 0 aromatic carbocycles. The average molecular weight is 455 g/mol. The molecule has 2 aliphatic rings. The molecule has 1 atom stereocenters. The van der Waals surface area contributed by atoms with Crippen LogP contribution < -0.4 is 10.2 Å². The maximum absolute atomic E-state index is 12.5. The topological polar surface area (TPSA) is 94.4 Å². The number of nitriles is 1. The fourth-order valence-electron chi connectivity index (χ4n) is 4.10. The molecule has 0 bridgehead atoms. The average Bonchev–Trinajstić information content (AvgIpc) is 3.62. The Kier molecular flexibility index (Phi) is 6.77. The van der Waals surface area contributed by atoms with Gasteiger partial charge in [-0.1, -0.05) is 11.6 Å². The number of hydrogen-bond donors (Lipinski definition) is 1. The van der Waals surface area contributed by atoms with Crippen molar-refractivity contribution in [3.63, 3.8) is 0 Å². The Hall–Kier alpha value is -2.89. The molecule has 9 heteroatoms. The Balaban J connectivity index is 1.58. The largest absolute Gasteiger partial charge is 0.384 e. The van der Waals surface area contributed by atoms with Crippen molar-refractivity contribution >= 4 is 34.7 Å². The van der Waals surface area contributed by atoms with Crippen LogP contribution in [-0.2, 0) is 9.53 Å². The van der Waals surface area contributed by atoms with Gasteiger partial charge in [0.2, 0.25) is 5.91 Å². The molecule has 1 aliphatic carbocycles. The van der Waals surface area contributed by atoms with Gasteiger partial charge in [0.15, 0.2) is 0 Å². The maximum Gasteiger partial charge on any atom is 0.225 e. The number of methoxy groups -OCH3 is 1. The normalized spacial score (nSPS) is 18.4. The van der Waals surface area contributed by atoms with Gasteiger partial charge in [-0.2, -0.15) is 5.26 Å². The van der Waals surface area contributed by atoms with Crippen LogP contribution in [0.25, 0.3) is 0 Å². The van der Waals surface area contributed by atoms with E-state index in [4.69, 9.17) is 21.3 Å². The summed E-state index contributed by atoms with van der Waals surface area (Å²) in [4.78, 5) is 25.5. The van der Waals surface area contributed by atoms with Crippen LogP contribution in [0.1, 0.15) is 43.4 Å². The van der Waals surface area contributed by atoms with E-state index in [9.17, 15) is 10.1 Å². The van der Waals surface area contributed by atoms with Crippen molar-refractivity contribution in [3.8, 4) is 6.07 Å². The van der Waals surface area contributed by atoms with E-state index in [1.807, 2.05) is 24.0 Å². The van der Waals surface area contributed by atoms with E-state index >= 15 is 0 Å². The first-order valence-corrected chi connectivity index (χ1v) is 11.2. The lowest BCUT2D eigenvalue weighted by Gasteiger charge is -2.41. The van der Waals surface area contributed by atoms with E-state index in [0.717, 1.165) is 29.9 Å². The number of ether oxygens (including phenoxy) is 1. The number of pyridine rings is 2. The van der Waals surface area contributed by atoms with Gasteiger partial charge in [-0.15, -0.1) is 0 Å². The number of hydrogen-bond acceptors (Lipinski definition) is 7. The van der Waals surface area contributed by atoms with Crippen LogP contribution in [-0.4, -0.2) is 60.2 Å². The predicted molar refractivity (Wildman–Crippen MR) is 123 cm³/mol.